The molecule has 3 atom stereocenters. The van der Waals surface area contributed by atoms with Gasteiger partial charge in [-0.25, -0.2) is 9.98 Å². The van der Waals surface area contributed by atoms with Crippen LogP contribution >= 0.6 is 11.8 Å². The van der Waals surface area contributed by atoms with E-state index in [-0.39, 0.29) is 0 Å². The van der Waals surface area contributed by atoms with E-state index < -0.39 is 0 Å². The Balaban J connectivity index is 1.49. The van der Waals surface area contributed by atoms with Crippen LogP contribution in [0.1, 0.15) is 46.0 Å². The quantitative estimate of drug-likeness (QED) is 0.582. The zero-order chi connectivity index (χ0) is 16.2. The van der Waals surface area contributed by atoms with Crippen LogP contribution in [0.5, 0.6) is 0 Å². The van der Waals surface area contributed by atoms with Gasteiger partial charge >= 0.3 is 0 Å². The first kappa shape index (κ1) is 16.9. The van der Waals surface area contributed by atoms with Crippen molar-refractivity contribution >= 4 is 29.5 Å². The number of hydrogen-bond acceptors (Lipinski definition) is 3. The summed E-state index contributed by atoms with van der Waals surface area (Å²) in [6, 6.07) is 0. The van der Waals surface area contributed by atoms with Crippen molar-refractivity contribution in [1.29, 1.82) is 5.41 Å². The summed E-state index contributed by atoms with van der Waals surface area (Å²) in [6.07, 6.45) is 12.2. The van der Waals surface area contributed by atoms with Gasteiger partial charge in [0.15, 0.2) is 0 Å². The molecular formula is C19H29N3S. The molecule has 2 saturated carbocycles. The number of fused-ring (bicyclic) bond motifs is 4. The Bertz CT molecular complexity index is 513. The Labute approximate surface area is 144 Å². The number of nitrogens with zero attached hydrogens (tertiary/aromatic N) is 2. The molecule has 0 aromatic rings. The second-order valence-electron chi connectivity index (χ2n) is 7.64. The van der Waals surface area contributed by atoms with Crippen molar-refractivity contribution < 1.29 is 0 Å². The predicted octanol–water partition coefficient (Wildman–Crippen LogP) is 4.83. The van der Waals surface area contributed by atoms with E-state index in [4.69, 9.17) is 5.41 Å². The van der Waals surface area contributed by atoms with Gasteiger partial charge in [-0.1, -0.05) is 6.92 Å². The second kappa shape index (κ2) is 7.78. The van der Waals surface area contributed by atoms with E-state index in [2.05, 4.69) is 34.9 Å². The first-order chi connectivity index (χ1) is 11.1. The molecule has 0 aromatic carbocycles. The lowest BCUT2D eigenvalue weighted by Crippen LogP contribution is -2.26. The number of allylic oxidation sites excluding steroid dienone is 1. The lowest BCUT2D eigenvalue weighted by atomic mass is 9.73. The summed E-state index contributed by atoms with van der Waals surface area (Å²) >= 11 is 2.13. The van der Waals surface area contributed by atoms with Crippen LogP contribution in [-0.2, 0) is 0 Å². The zero-order valence-electron chi connectivity index (χ0n) is 14.4. The van der Waals surface area contributed by atoms with E-state index in [1.54, 1.807) is 6.20 Å². The van der Waals surface area contributed by atoms with Crippen molar-refractivity contribution in [2.75, 3.05) is 11.5 Å². The molecule has 3 unspecified atom stereocenters. The molecule has 4 heteroatoms. The molecule has 2 heterocycles. The molecule has 0 spiro atoms. The van der Waals surface area contributed by atoms with E-state index in [9.17, 15) is 0 Å². The van der Waals surface area contributed by atoms with Gasteiger partial charge in [0.2, 0.25) is 0 Å². The van der Waals surface area contributed by atoms with Crippen molar-refractivity contribution in [1.82, 2.24) is 0 Å². The van der Waals surface area contributed by atoms with Crippen LogP contribution in [0.25, 0.3) is 0 Å². The van der Waals surface area contributed by atoms with Crippen LogP contribution in [0.4, 0.5) is 0 Å². The van der Waals surface area contributed by atoms with E-state index >= 15 is 0 Å². The normalized spacial score (nSPS) is 38.0. The smallest absolute Gasteiger partial charge is 0.124 e. The van der Waals surface area contributed by atoms with E-state index in [1.165, 1.54) is 30.8 Å². The monoisotopic (exact) mass is 331 g/mol. The highest BCUT2D eigenvalue weighted by Crippen LogP contribution is 2.40. The maximum atomic E-state index is 8.03. The van der Waals surface area contributed by atoms with Crippen LogP contribution in [0, 0.1) is 35.0 Å². The summed E-state index contributed by atoms with van der Waals surface area (Å²) in [4.78, 5) is 8.98. The van der Waals surface area contributed by atoms with Crippen LogP contribution < -0.4 is 0 Å². The highest BCUT2D eigenvalue weighted by Gasteiger charge is 2.32. The molecule has 2 saturated heterocycles. The van der Waals surface area contributed by atoms with Crippen LogP contribution in [-0.4, -0.2) is 29.3 Å². The largest absolute Gasteiger partial charge is 0.305 e. The molecule has 126 valence electrons. The summed E-state index contributed by atoms with van der Waals surface area (Å²) in [7, 11) is 0. The van der Waals surface area contributed by atoms with Crippen molar-refractivity contribution in [2.45, 2.75) is 46.0 Å². The molecule has 2 bridgehead atoms. The molecular weight excluding hydrogens is 302 g/mol. The van der Waals surface area contributed by atoms with Crippen LogP contribution in [0.2, 0.25) is 0 Å². The minimum atomic E-state index is 0.458. The number of aliphatic imine (C=N–C) groups is 2. The van der Waals surface area contributed by atoms with Crippen molar-refractivity contribution in [3.63, 3.8) is 0 Å². The maximum absolute atomic E-state index is 8.03. The summed E-state index contributed by atoms with van der Waals surface area (Å²) < 4.78 is 0. The molecule has 0 amide bonds. The highest BCUT2D eigenvalue weighted by molar-refractivity contribution is 7.99. The second-order valence-corrected chi connectivity index (χ2v) is 8.71. The molecule has 4 rings (SSSR count). The Morgan fingerprint density at radius 3 is 2.78 bits per heavy atom. The number of rotatable bonds is 4. The summed E-state index contributed by atoms with van der Waals surface area (Å²) in [5, 5.41) is 8.03. The molecule has 2 aliphatic heterocycles. The minimum Gasteiger partial charge on any atom is -0.305 e. The molecule has 4 fully saturated rings. The van der Waals surface area contributed by atoms with Gasteiger partial charge in [-0.05, 0) is 80.3 Å². The summed E-state index contributed by atoms with van der Waals surface area (Å²) in [5.74, 6) is 7.07. The molecule has 1 N–H and O–H groups in total. The Kier molecular flexibility index (Phi) is 5.73. The van der Waals surface area contributed by atoms with E-state index in [0.717, 1.165) is 42.1 Å². The Hall–Kier alpha value is -0.900. The number of thioether (sulfide) groups is 1. The first-order valence-corrected chi connectivity index (χ1v) is 10.2. The summed E-state index contributed by atoms with van der Waals surface area (Å²) in [5.41, 5.74) is 0.724. The Morgan fingerprint density at radius 2 is 2.00 bits per heavy atom. The summed E-state index contributed by atoms with van der Waals surface area (Å²) in [6.45, 7) is 4.21. The third-order valence-electron chi connectivity index (χ3n) is 5.62. The average Bonchev–Trinajstić information content (AvgIpc) is 2.85. The average molecular weight is 332 g/mol. The van der Waals surface area contributed by atoms with Crippen molar-refractivity contribution in [3.8, 4) is 0 Å². The van der Waals surface area contributed by atoms with Gasteiger partial charge in [-0.3, -0.25) is 0 Å². The molecule has 23 heavy (non-hydrogen) atoms. The van der Waals surface area contributed by atoms with Gasteiger partial charge in [-0.2, -0.15) is 11.8 Å². The zero-order valence-corrected chi connectivity index (χ0v) is 15.2. The van der Waals surface area contributed by atoms with E-state index in [0.29, 0.717) is 11.8 Å². The van der Waals surface area contributed by atoms with Gasteiger partial charge < -0.3 is 5.41 Å². The molecule has 3 nitrogen and oxygen atoms in total. The van der Waals surface area contributed by atoms with Gasteiger partial charge in [0, 0.05) is 24.0 Å². The van der Waals surface area contributed by atoms with Gasteiger partial charge in [0.1, 0.15) is 5.84 Å². The first-order valence-electron chi connectivity index (χ1n) is 9.03. The molecule has 2 aliphatic carbocycles. The fourth-order valence-electron chi connectivity index (χ4n) is 4.04. The SMILES string of the molecule is CC(N=CC1CC2CCC1CSC2)=N/C=C/C(=N)C1CC(C)C1. The third kappa shape index (κ3) is 4.56. The lowest BCUT2D eigenvalue weighted by molar-refractivity contribution is 0.279. The van der Waals surface area contributed by atoms with Crippen LogP contribution in [0.15, 0.2) is 22.3 Å². The third-order valence-corrected chi connectivity index (χ3v) is 7.00. The fourth-order valence-corrected chi connectivity index (χ4v) is 5.53. The number of nitrogens with one attached hydrogen (secondary N) is 1. The van der Waals surface area contributed by atoms with E-state index in [1.807, 2.05) is 13.0 Å². The lowest BCUT2D eigenvalue weighted by Gasteiger charge is -2.31. The Morgan fingerprint density at radius 1 is 1.17 bits per heavy atom. The maximum Gasteiger partial charge on any atom is 0.124 e. The minimum absolute atomic E-state index is 0.458. The predicted molar refractivity (Wildman–Crippen MR) is 102 cm³/mol. The van der Waals surface area contributed by atoms with Crippen molar-refractivity contribution in [2.24, 2.45) is 39.6 Å². The van der Waals surface area contributed by atoms with Gasteiger partial charge in [0.25, 0.3) is 0 Å². The van der Waals surface area contributed by atoms with Crippen molar-refractivity contribution in [3.05, 3.63) is 12.3 Å². The molecule has 0 radical (unpaired) electrons. The molecule has 0 aromatic heterocycles. The van der Waals surface area contributed by atoms with Gasteiger partial charge in [-0.15, -0.1) is 0 Å². The fraction of sp³-hybridized carbons (Fsp3) is 0.737. The number of amidine groups is 1. The van der Waals surface area contributed by atoms with Crippen LogP contribution in [0.3, 0.4) is 0 Å². The highest BCUT2D eigenvalue weighted by atomic mass is 32.2. The number of hydrogen-bond donors (Lipinski definition) is 1. The topological polar surface area (TPSA) is 48.6 Å². The molecule has 4 aliphatic rings. The standard InChI is InChI=1S/C19H29N3S/c1-13-7-17(8-13)19(20)5-6-21-14(2)22-10-18-9-15-3-4-16(18)12-23-11-15/h5-6,10,13,15-18,20H,3-4,7-9,11-12H2,1-2H3/b6-5+,20-19?,21-14?,22-10?. The van der Waals surface area contributed by atoms with Gasteiger partial charge in [0.05, 0.1) is 0 Å².